The Kier molecular flexibility index (Phi) is 7.90. The molecule has 0 aromatic rings. The van der Waals surface area contributed by atoms with Crippen molar-refractivity contribution >= 4 is 24.8 Å². The Balaban J connectivity index is 0.00000144. The van der Waals surface area contributed by atoms with Crippen LogP contribution in [-0.4, -0.2) is 43.3 Å². The van der Waals surface area contributed by atoms with E-state index in [2.05, 4.69) is 5.32 Å². The van der Waals surface area contributed by atoms with Crippen LogP contribution >= 0.6 is 24.8 Å². The number of halogens is 5. The minimum atomic E-state index is -4.06. The van der Waals surface area contributed by atoms with E-state index >= 15 is 0 Å². The fraction of sp³-hybridized carbons (Fsp3) is 1.00. The summed E-state index contributed by atoms with van der Waals surface area (Å²) in [6, 6.07) is -1.20. The molecule has 1 saturated carbocycles. The van der Waals surface area contributed by atoms with Crippen molar-refractivity contribution in [2.75, 3.05) is 26.2 Å². The number of hydrogen-bond donors (Lipinski definition) is 1. The van der Waals surface area contributed by atoms with E-state index in [0.717, 1.165) is 25.7 Å². The van der Waals surface area contributed by atoms with Crippen molar-refractivity contribution in [3.8, 4) is 0 Å². The number of hydrogen-bond acceptors (Lipinski definition) is 2. The summed E-state index contributed by atoms with van der Waals surface area (Å²) in [5.74, 6) is -0.168. The van der Waals surface area contributed by atoms with Gasteiger partial charge in [0.25, 0.3) is 0 Å². The molecule has 1 heterocycles. The number of alkyl halides is 3. The molecule has 0 aromatic carbocycles. The maximum Gasteiger partial charge on any atom is 0.404 e. The third kappa shape index (κ3) is 4.44. The molecule has 2 aliphatic rings. The molecule has 1 atom stereocenters. The molecular formula is C11H21Cl2F3N2. The SMILES string of the molecule is Cl.Cl.FC(F)(F)[C@H](C1CCCC1)N1CCNCC1. The van der Waals surface area contributed by atoms with Gasteiger partial charge in [0.2, 0.25) is 0 Å². The molecule has 1 saturated heterocycles. The summed E-state index contributed by atoms with van der Waals surface area (Å²) >= 11 is 0. The first kappa shape index (κ1) is 18.3. The molecule has 18 heavy (non-hydrogen) atoms. The Morgan fingerprint density at radius 3 is 1.94 bits per heavy atom. The van der Waals surface area contributed by atoms with Crippen LogP contribution in [0.25, 0.3) is 0 Å². The lowest BCUT2D eigenvalue weighted by atomic mass is 9.95. The number of piperazine rings is 1. The highest BCUT2D eigenvalue weighted by Gasteiger charge is 2.48. The second kappa shape index (κ2) is 7.78. The van der Waals surface area contributed by atoms with Crippen LogP contribution in [0.3, 0.4) is 0 Å². The smallest absolute Gasteiger partial charge is 0.314 e. The summed E-state index contributed by atoms with van der Waals surface area (Å²) in [6.45, 7) is 2.42. The maximum absolute atomic E-state index is 13.1. The van der Waals surface area contributed by atoms with Crippen LogP contribution in [0.4, 0.5) is 13.2 Å². The Morgan fingerprint density at radius 1 is 1.00 bits per heavy atom. The third-order valence-electron chi connectivity index (χ3n) is 3.73. The van der Waals surface area contributed by atoms with E-state index in [1.54, 1.807) is 4.90 Å². The minimum Gasteiger partial charge on any atom is -0.314 e. The van der Waals surface area contributed by atoms with Gasteiger partial charge in [0.05, 0.1) is 0 Å². The van der Waals surface area contributed by atoms with Crippen molar-refractivity contribution < 1.29 is 13.2 Å². The lowest BCUT2D eigenvalue weighted by Gasteiger charge is -2.39. The molecule has 0 amide bonds. The zero-order valence-corrected chi connectivity index (χ0v) is 11.8. The van der Waals surface area contributed by atoms with Gasteiger partial charge in [-0.1, -0.05) is 12.8 Å². The second-order valence-electron chi connectivity index (χ2n) is 4.82. The summed E-state index contributed by atoms with van der Waals surface area (Å²) in [4.78, 5) is 1.63. The number of nitrogens with one attached hydrogen (secondary N) is 1. The van der Waals surface area contributed by atoms with Crippen LogP contribution in [0.5, 0.6) is 0 Å². The number of rotatable bonds is 2. The maximum atomic E-state index is 13.1. The van der Waals surface area contributed by atoms with Crippen molar-refractivity contribution in [2.45, 2.75) is 37.9 Å². The summed E-state index contributed by atoms with van der Waals surface area (Å²) in [5, 5.41) is 3.10. The van der Waals surface area contributed by atoms with Crippen LogP contribution in [-0.2, 0) is 0 Å². The van der Waals surface area contributed by atoms with Gasteiger partial charge in [0.15, 0.2) is 0 Å². The van der Waals surface area contributed by atoms with E-state index in [9.17, 15) is 13.2 Å². The second-order valence-corrected chi connectivity index (χ2v) is 4.82. The molecule has 1 N–H and O–H groups in total. The molecular weight excluding hydrogens is 288 g/mol. The minimum absolute atomic E-state index is 0. The van der Waals surface area contributed by atoms with E-state index in [0.29, 0.717) is 26.2 Å². The van der Waals surface area contributed by atoms with Crippen LogP contribution in [0.2, 0.25) is 0 Å². The summed E-state index contributed by atoms with van der Waals surface area (Å²) in [5.41, 5.74) is 0. The molecule has 2 fully saturated rings. The summed E-state index contributed by atoms with van der Waals surface area (Å²) in [6.07, 6.45) is -0.652. The summed E-state index contributed by atoms with van der Waals surface area (Å²) < 4.78 is 39.3. The zero-order chi connectivity index (χ0) is 11.6. The van der Waals surface area contributed by atoms with Gasteiger partial charge in [-0.3, -0.25) is 4.90 Å². The quantitative estimate of drug-likeness (QED) is 0.844. The molecule has 0 bridgehead atoms. The summed E-state index contributed by atoms with van der Waals surface area (Å²) in [7, 11) is 0. The van der Waals surface area contributed by atoms with Crippen molar-refractivity contribution in [1.29, 1.82) is 0 Å². The van der Waals surface area contributed by atoms with Crippen molar-refractivity contribution in [2.24, 2.45) is 5.92 Å². The molecule has 0 aromatic heterocycles. The van der Waals surface area contributed by atoms with Crippen molar-refractivity contribution in [3.63, 3.8) is 0 Å². The predicted molar refractivity (Wildman–Crippen MR) is 70.7 cm³/mol. The largest absolute Gasteiger partial charge is 0.404 e. The third-order valence-corrected chi connectivity index (χ3v) is 3.73. The highest BCUT2D eigenvalue weighted by molar-refractivity contribution is 5.85. The first-order valence-electron chi connectivity index (χ1n) is 6.10. The van der Waals surface area contributed by atoms with Crippen molar-refractivity contribution in [3.05, 3.63) is 0 Å². The van der Waals surface area contributed by atoms with Crippen LogP contribution in [0.1, 0.15) is 25.7 Å². The fourth-order valence-electron chi connectivity index (χ4n) is 3.01. The van der Waals surface area contributed by atoms with Gasteiger partial charge in [0.1, 0.15) is 6.04 Å². The Morgan fingerprint density at radius 2 is 1.50 bits per heavy atom. The lowest BCUT2D eigenvalue weighted by molar-refractivity contribution is -0.198. The molecule has 0 unspecified atom stereocenters. The first-order valence-corrected chi connectivity index (χ1v) is 6.10. The Hall–Kier alpha value is 0.290. The molecule has 2 rings (SSSR count). The fourth-order valence-corrected chi connectivity index (χ4v) is 3.01. The monoisotopic (exact) mass is 308 g/mol. The van der Waals surface area contributed by atoms with E-state index in [1.165, 1.54) is 0 Å². The highest BCUT2D eigenvalue weighted by Crippen LogP contribution is 2.38. The molecule has 1 aliphatic heterocycles. The zero-order valence-electron chi connectivity index (χ0n) is 10.2. The Bertz CT molecular complexity index is 227. The molecule has 0 radical (unpaired) electrons. The standard InChI is InChI=1S/C11H19F3N2.2ClH/c12-11(13,14)10(9-3-1-2-4-9)16-7-5-15-6-8-16;;/h9-10,15H,1-8H2;2*1H/t10-;;/m0../s1. The van der Waals surface area contributed by atoms with Gasteiger partial charge < -0.3 is 5.32 Å². The molecule has 2 nitrogen and oxygen atoms in total. The van der Waals surface area contributed by atoms with Gasteiger partial charge in [-0.25, -0.2) is 0 Å². The molecule has 110 valence electrons. The van der Waals surface area contributed by atoms with Crippen LogP contribution < -0.4 is 5.32 Å². The van der Waals surface area contributed by atoms with E-state index in [-0.39, 0.29) is 30.7 Å². The van der Waals surface area contributed by atoms with Gasteiger partial charge in [0, 0.05) is 26.2 Å². The topological polar surface area (TPSA) is 15.3 Å². The van der Waals surface area contributed by atoms with Crippen molar-refractivity contribution in [1.82, 2.24) is 10.2 Å². The van der Waals surface area contributed by atoms with Gasteiger partial charge in [-0.2, -0.15) is 13.2 Å². The Labute approximate surface area is 118 Å². The predicted octanol–water partition coefficient (Wildman–Crippen LogP) is 2.86. The molecule has 7 heteroatoms. The normalized spacial score (nSPS) is 24.2. The molecule has 1 aliphatic carbocycles. The van der Waals surface area contributed by atoms with Gasteiger partial charge in [-0.15, -0.1) is 24.8 Å². The first-order chi connectivity index (χ1) is 7.59. The molecule has 0 spiro atoms. The average molecular weight is 309 g/mol. The van der Waals surface area contributed by atoms with E-state index in [4.69, 9.17) is 0 Å². The highest BCUT2D eigenvalue weighted by atomic mass is 35.5. The van der Waals surface area contributed by atoms with Gasteiger partial charge in [-0.05, 0) is 18.8 Å². The van der Waals surface area contributed by atoms with Crippen LogP contribution in [0, 0.1) is 5.92 Å². The lowest BCUT2D eigenvalue weighted by Crippen LogP contribution is -2.56. The number of nitrogens with zero attached hydrogens (tertiary/aromatic N) is 1. The van der Waals surface area contributed by atoms with Crippen LogP contribution in [0.15, 0.2) is 0 Å². The average Bonchev–Trinajstić information content (AvgIpc) is 2.71. The van der Waals surface area contributed by atoms with E-state index in [1.807, 2.05) is 0 Å². The van der Waals surface area contributed by atoms with E-state index < -0.39 is 12.2 Å². The van der Waals surface area contributed by atoms with Gasteiger partial charge >= 0.3 is 6.18 Å².